The molecule has 0 aliphatic heterocycles. The van der Waals surface area contributed by atoms with Crippen LogP contribution in [0.2, 0.25) is 0 Å². The largest absolute Gasteiger partial charge is 0.497 e. The van der Waals surface area contributed by atoms with Gasteiger partial charge in [-0.15, -0.1) is 0 Å². The molecule has 132 valence electrons. The summed E-state index contributed by atoms with van der Waals surface area (Å²) in [4.78, 5) is 29.0. The quantitative estimate of drug-likeness (QED) is 0.564. The third-order valence-corrected chi connectivity index (χ3v) is 3.99. The van der Waals surface area contributed by atoms with Crippen molar-refractivity contribution >= 4 is 23.0 Å². The molecule has 1 unspecified atom stereocenters. The van der Waals surface area contributed by atoms with Crippen molar-refractivity contribution in [2.24, 2.45) is 5.10 Å². The molecular formula is C19H18N4O3. The van der Waals surface area contributed by atoms with Crippen molar-refractivity contribution in [2.75, 3.05) is 7.11 Å². The molecule has 2 aromatic carbocycles. The summed E-state index contributed by atoms with van der Waals surface area (Å²) in [5, 5.41) is 4.40. The zero-order chi connectivity index (χ0) is 18.5. The predicted molar refractivity (Wildman–Crippen MR) is 99.4 cm³/mol. The molecule has 3 rings (SSSR count). The van der Waals surface area contributed by atoms with E-state index in [0.717, 1.165) is 11.3 Å². The Labute approximate surface area is 149 Å². The van der Waals surface area contributed by atoms with Crippen LogP contribution in [0.5, 0.6) is 5.75 Å². The number of methoxy groups -OCH3 is 1. The van der Waals surface area contributed by atoms with Gasteiger partial charge in [-0.2, -0.15) is 5.10 Å². The molecule has 0 saturated heterocycles. The SMILES string of the molecule is COc1ccc(/C=N\NC(=O)C(C)n2cnc3ccccc3c2=O)cc1. The predicted octanol–water partition coefficient (Wildman–Crippen LogP) is 2.12. The summed E-state index contributed by atoms with van der Waals surface area (Å²) in [6.07, 6.45) is 2.90. The number of ether oxygens (including phenoxy) is 1. The number of aromatic nitrogens is 2. The lowest BCUT2D eigenvalue weighted by Crippen LogP contribution is -2.33. The third kappa shape index (κ3) is 3.61. The van der Waals surface area contributed by atoms with Crippen LogP contribution in [0.15, 0.2) is 64.8 Å². The van der Waals surface area contributed by atoms with Crippen molar-refractivity contribution in [3.8, 4) is 5.75 Å². The fourth-order valence-corrected chi connectivity index (χ4v) is 2.44. The van der Waals surface area contributed by atoms with Crippen molar-refractivity contribution in [2.45, 2.75) is 13.0 Å². The van der Waals surface area contributed by atoms with E-state index in [-0.39, 0.29) is 5.56 Å². The lowest BCUT2D eigenvalue weighted by Gasteiger charge is -2.13. The number of rotatable bonds is 5. The summed E-state index contributed by atoms with van der Waals surface area (Å²) in [6.45, 7) is 1.62. The minimum Gasteiger partial charge on any atom is -0.497 e. The van der Waals surface area contributed by atoms with Gasteiger partial charge in [-0.3, -0.25) is 14.2 Å². The van der Waals surface area contributed by atoms with Crippen LogP contribution in [0.1, 0.15) is 18.5 Å². The highest BCUT2D eigenvalue weighted by molar-refractivity contribution is 5.84. The molecule has 1 amide bonds. The second-order valence-corrected chi connectivity index (χ2v) is 5.66. The van der Waals surface area contributed by atoms with E-state index in [4.69, 9.17) is 4.74 Å². The maximum atomic E-state index is 12.5. The molecule has 0 fully saturated rings. The Morgan fingerprint density at radius 1 is 1.23 bits per heavy atom. The first-order valence-corrected chi connectivity index (χ1v) is 8.03. The van der Waals surface area contributed by atoms with Crippen molar-refractivity contribution in [3.63, 3.8) is 0 Å². The van der Waals surface area contributed by atoms with Crippen molar-refractivity contribution in [1.82, 2.24) is 15.0 Å². The third-order valence-electron chi connectivity index (χ3n) is 3.99. The minimum atomic E-state index is -0.743. The smallest absolute Gasteiger partial charge is 0.262 e. The Morgan fingerprint density at radius 2 is 1.96 bits per heavy atom. The number of benzene rings is 2. The molecule has 1 aromatic heterocycles. The first-order chi connectivity index (χ1) is 12.6. The van der Waals surface area contributed by atoms with Crippen LogP contribution in [-0.2, 0) is 4.79 Å². The molecular weight excluding hydrogens is 332 g/mol. The van der Waals surface area contributed by atoms with E-state index < -0.39 is 11.9 Å². The maximum absolute atomic E-state index is 12.5. The molecule has 0 radical (unpaired) electrons. The molecule has 1 N–H and O–H groups in total. The zero-order valence-corrected chi connectivity index (χ0v) is 14.4. The van der Waals surface area contributed by atoms with Gasteiger partial charge in [-0.25, -0.2) is 10.4 Å². The number of hydrazone groups is 1. The number of fused-ring (bicyclic) bond motifs is 1. The number of carbonyl (C=O) groups is 1. The van der Waals surface area contributed by atoms with E-state index in [1.807, 2.05) is 18.2 Å². The van der Waals surface area contributed by atoms with Crippen molar-refractivity contribution in [3.05, 3.63) is 70.8 Å². The van der Waals surface area contributed by atoms with Gasteiger partial charge < -0.3 is 4.74 Å². The normalized spacial score (nSPS) is 12.2. The number of hydrogen-bond donors (Lipinski definition) is 1. The molecule has 1 heterocycles. The van der Waals surface area contributed by atoms with E-state index in [1.54, 1.807) is 44.4 Å². The first-order valence-electron chi connectivity index (χ1n) is 8.03. The molecule has 0 spiro atoms. The average molecular weight is 350 g/mol. The molecule has 0 saturated carbocycles. The highest BCUT2D eigenvalue weighted by Gasteiger charge is 2.17. The number of nitrogens with zero attached hydrogens (tertiary/aromatic N) is 3. The fraction of sp³-hybridized carbons (Fsp3) is 0.158. The second kappa shape index (κ2) is 7.60. The summed E-state index contributed by atoms with van der Waals surface area (Å²) in [5.74, 6) is 0.330. The molecule has 0 aliphatic carbocycles. The van der Waals surface area contributed by atoms with Crippen molar-refractivity contribution < 1.29 is 9.53 Å². The first kappa shape index (κ1) is 17.3. The van der Waals surface area contributed by atoms with E-state index in [9.17, 15) is 9.59 Å². The van der Waals surface area contributed by atoms with E-state index in [1.165, 1.54) is 17.1 Å². The van der Waals surface area contributed by atoms with Gasteiger partial charge in [0.1, 0.15) is 11.8 Å². The molecule has 7 heteroatoms. The Hall–Kier alpha value is -3.48. The van der Waals surface area contributed by atoms with Gasteiger partial charge in [-0.05, 0) is 48.9 Å². The Kier molecular flexibility index (Phi) is 5.07. The lowest BCUT2D eigenvalue weighted by atomic mass is 10.2. The van der Waals surface area contributed by atoms with Gasteiger partial charge in [0, 0.05) is 0 Å². The molecule has 7 nitrogen and oxygen atoms in total. The standard InChI is InChI=1S/C19H18N4O3/c1-13(23-12-20-17-6-4-3-5-16(17)19(23)25)18(24)22-21-11-14-7-9-15(26-2)10-8-14/h3-13H,1-2H3,(H,22,24)/b21-11-. The topological polar surface area (TPSA) is 85.6 Å². The van der Waals surface area contributed by atoms with Crippen LogP contribution in [0.25, 0.3) is 10.9 Å². The van der Waals surface area contributed by atoms with Crippen LogP contribution in [0, 0.1) is 0 Å². The number of nitrogens with one attached hydrogen (secondary N) is 1. The van der Waals surface area contributed by atoms with Crippen molar-refractivity contribution in [1.29, 1.82) is 0 Å². The van der Waals surface area contributed by atoms with Gasteiger partial charge in [0.2, 0.25) is 0 Å². The van der Waals surface area contributed by atoms with Crippen LogP contribution >= 0.6 is 0 Å². The Balaban J connectivity index is 1.72. The summed E-state index contributed by atoms with van der Waals surface area (Å²) in [5.41, 5.74) is 3.58. The fourth-order valence-electron chi connectivity index (χ4n) is 2.44. The number of hydrogen-bond acceptors (Lipinski definition) is 5. The maximum Gasteiger partial charge on any atom is 0.262 e. The van der Waals surface area contributed by atoms with Gasteiger partial charge in [-0.1, -0.05) is 12.1 Å². The van der Waals surface area contributed by atoms with Gasteiger partial charge >= 0.3 is 0 Å². The minimum absolute atomic E-state index is 0.266. The Morgan fingerprint density at radius 3 is 2.69 bits per heavy atom. The second-order valence-electron chi connectivity index (χ2n) is 5.66. The highest BCUT2D eigenvalue weighted by Crippen LogP contribution is 2.10. The molecule has 0 bridgehead atoms. The van der Waals surface area contributed by atoms with Crippen LogP contribution in [0.4, 0.5) is 0 Å². The molecule has 0 aliphatic rings. The summed E-state index contributed by atoms with van der Waals surface area (Å²) < 4.78 is 6.37. The van der Waals surface area contributed by atoms with Gasteiger partial charge in [0.05, 0.1) is 30.6 Å². The van der Waals surface area contributed by atoms with Crippen LogP contribution in [0.3, 0.4) is 0 Å². The van der Waals surface area contributed by atoms with Crippen LogP contribution < -0.4 is 15.7 Å². The van der Waals surface area contributed by atoms with E-state index in [0.29, 0.717) is 10.9 Å². The Bertz CT molecular complexity index is 1010. The molecule has 26 heavy (non-hydrogen) atoms. The number of amides is 1. The summed E-state index contributed by atoms with van der Waals surface area (Å²) >= 11 is 0. The number of para-hydroxylation sites is 1. The highest BCUT2D eigenvalue weighted by atomic mass is 16.5. The van der Waals surface area contributed by atoms with Gasteiger partial charge in [0.25, 0.3) is 11.5 Å². The van der Waals surface area contributed by atoms with Gasteiger partial charge in [0.15, 0.2) is 0 Å². The van der Waals surface area contributed by atoms with E-state index in [2.05, 4.69) is 15.5 Å². The van der Waals surface area contributed by atoms with Crippen LogP contribution in [-0.4, -0.2) is 28.8 Å². The monoisotopic (exact) mass is 350 g/mol. The summed E-state index contributed by atoms with van der Waals surface area (Å²) in [7, 11) is 1.59. The average Bonchev–Trinajstić information content (AvgIpc) is 2.68. The lowest BCUT2D eigenvalue weighted by molar-refractivity contribution is -0.123. The summed E-state index contributed by atoms with van der Waals surface area (Å²) in [6, 6.07) is 13.5. The number of carbonyl (C=O) groups excluding carboxylic acids is 1. The molecule has 3 aromatic rings. The zero-order valence-electron chi connectivity index (χ0n) is 14.4. The molecule has 1 atom stereocenters. The van der Waals surface area contributed by atoms with E-state index >= 15 is 0 Å².